The molecule has 0 saturated heterocycles. The van der Waals surface area contributed by atoms with Gasteiger partial charge in [-0.1, -0.05) is 56.5 Å². The lowest BCUT2D eigenvalue weighted by molar-refractivity contribution is 0.608. The summed E-state index contributed by atoms with van der Waals surface area (Å²) in [4.78, 5) is 0. The molecule has 0 radical (unpaired) electrons. The summed E-state index contributed by atoms with van der Waals surface area (Å²) in [6.07, 6.45) is 7.65. The van der Waals surface area contributed by atoms with E-state index in [9.17, 15) is 0 Å². The highest BCUT2D eigenvalue weighted by molar-refractivity contribution is 6.03. The van der Waals surface area contributed by atoms with Gasteiger partial charge < -0.3 is 11.5 Å². The molecular weight excluding hydrogens is 280 g/mol. The molecule has 1 aliphatic rings. The van der Waals surface area contributed by atoms with E-state index in [1.54, 1.807) is 0 Å². The van der Waals surface area contributed by atoms with Gasteiger partial charge in [-0.05, 0) is 40.8 Å². The average molecular weight is 306 g/mol. The zero-order chi connectivity index (χ0) is 16.4. The van der Waals surface area contributed by atoms with E-state index in [-0.39, 0.29) is 0 Å². The summed E-state index contributed by atoms with van der Waals surface area (Å²) in [5.41, 5.74) is 18.2. The van der Waals surface area contributed by atoms with E-state index >= 15 is 0 Å². The van der Waals surface area contributed by atoms with Crippen molar-refractivity contribution in [2.75, 3.05) is 5.73 Å². The highest BCUT2D eigenvalue weighted by atomic mass is 14.7. The second-order valence-corrected chi connectivity index (χ2v) is 6.46. The number of rotatable bonds is 6. The van der Waals surface area contributed by atoms with E-state index in [2.05, 4.69) is 37.8 Å². The van der Waals surface area contributed by atoms with Gasteiger partial charge in [0, 0.05) is 22.9 Å². The smallest absolute Gasteiger partial charge is 0.0416 e. The lowest BCUT2D eigenvalue weighted by atomic mass is 9.75. The van der Waals surface area contributed by atoms with Crippen molar-refractivity contribution in [3.63, 3.8) is 0 Å². The van der Waals surface area contributed by atoms with Crippen LogP contribution in [0.5, 0.6) is 0 Å². The maximum absolute atomic E-state index is 6.58. The molecular formula is C21H26N2. The average Bonchev–Trinajstić information content (AvgIpc) is 2.56. The summed E-state index contributed by atoms with van der Waals surface area (Å²) in [7, 11) is 0. The van der Waals surface area contributed by atoms with Gasteiger partial charge >= 0.3 is 0 Å². The lowest BCUT2D eigenvalue weighted by Crippen LogP contribution is -2.17. The molecule has 0 bridgehead atoms. The van der Waals surface area contributed by atoms with Crippen LogP contribution >= 0.6 is 0 Å². The minimum Gasteiger partial charge on any atom is -0.398 e. The Morgan fingerprint density at radius 3 is 2.70 bits per heavy atom. The van der Waals surface area contributed by atoms with Crippen LogP contribution in [-0.4, -0.2) is 0 Å². The van der Waals surface area contributed by atoms with Gasteiger partial charge in [0.2, 0.25) is 0 Å². The summed E-state index contributed by atoms with van der Waals surface area (Å²) >= 11 is 0. The zero-order valence-electron chi connectivity index (χ0n) is 13.9. The molecule has 3 rings (SSSR count). The summed E-state index contributed by atoms with van der Waals surface area (Å²) < 4.78 is 0. The van der Waals surface area contributed by atoms with Crippen molar-refractivity contribution in [2.24, 2.45) is 5.73 Å². The highest BCUT2D eigenvalue weighted by Crippen LogP contribution is 2.46. The molecule has 120 valence electrons. The first-order valence-electron chi connectivity index (χ1n) is 8.59. The minimum absolute atomic E-state index is 0.387. The van der Waals surface area contributed by atoms with Crippen LogP contribution in [0, 0.1) is 0 Å². The Balaban J connectivity index is 2.21. The van der Waals surface area contributed by atoms with Crippen LogP contribution in [0.3, 0.4) is 0 Å². The number of unbranched alkanes of at least 4 members (excludes halogenated alkanes) is 2. The second-order valence-electron chi connectivity index (χ2n) is 6.46. The molecule has 1 atom stereocenters. The summed E-state index contributed by atoms with van der Waals surface area (Å²) in [6.45, 7) is 6.17. The first kappa shape index (κ1) is 15.7. The number of benzene rings is 2. The molecule has 0 heterocycles. The molecule has 0 spiro atoms. The first-order chi connectivity index (χ1) is 11.2. The summed E-state index contributed by atoms with van der Waals surface area (Å²) in [5, 5.41) is 2.48. The Hall–Kier alpha value is -2.22. The Kier molecular flexibility index (Phi) is 4.42. The van der Waals surface area contributed by atoms with Crippen molar-refractivity contribution in [1.29, 1.82) is 0 Å². The van der Waals surface area contributed by atoms with E-state index in [4.69, 9.17) is 11.5 Å². The Morgan fingerprint density at radius 1 is 1.13 bits per heavy atom. The quantitative estimate of drug-likeness (QED) is 0.429. The van der Waals surface area contributed by atoms with Gasteiger partial charge in [0.05, 0.1) is 0 Å². The minimum atomic E-state index is 0.387. The fraction of sp³-hybridized carbons (Fsp3) is 0.333. The molecule has 0 aromatic heterocycles. The van der Waals surface area contributed by atoms with Crippen molar-refractivity contribution < 1.29 is 0 Å². The van der Waals surface area contributed by atoms with Crippen LogP contribution in [0.1, 0.15) is 56.1 Å². The van der Waals surface area contributed by atoms with Crippen LogP contribution in [0.15, 0.2) is 48.6 Å². The second kappa shape index (κ2) is 6.49. The molecule has 4 N–H and O–H groups in total. The Morgan fingerprint density at radius 2 is 1.96 bits per heavy atom. The van der Waals surface area contributed by atoms with Gasteiger partial charge in [-0.25, -0.2) is 0 Å². The molecule has 0 amide bonds. The third kappa shape index (κ3) is 2.63. The number of nitrogen functional groups attached to an aromatic ring is 1. The standard InChI is InChI=1S/C21H26N2/c1-3-5-6-10-15-16-11-7-9-14-12-13-18(22)20(19(14)16)21(23)17(15)8-4-2/h4,7,9,11-13,15H,2-3,5-6,8,10,22-23H2,1H3. The maximum Gasteiger partial charge on any atom is 0.0416 e. The number of anilines is 1. The zero-order valence-corrected chi connectivity index (χ0v) is 13.9. The van der Waals surface area contributed by atoms with Gasteiger partial charge in [-0.15, -0.1) is 6.58 Å². The van der Waals surface area contributed by atoms with Gasteiger partial charge in [-0.3, -0.25) is 0 Å². The van der Waals surface area contributed by atoms with E-state index in [1.807, 2.05) is 12.1 Å². The molecule has 2 aromatic rings. The molecule has 0 fully saturated rings. The van der Waals surface area contributed by atoms with Gasteiger partial charge in [-0.2, -0.15) is 0 Å². The molecule has 1 unspecified atom stereocenters. The van der Waals surface area contributed by atoms with Crippen LogP contribution < -0.4 is 11.5 Å². The molecule has 2 heteroatoms. The van der Waals surface area contributed by atoms with E-state index in [0.29, 0.717) is 5.92 Å². The van der Waals surface area contributed by atoms with E-state index in [0.717, 1.165) is 29.8 Å². The number of hydrogen-bond acceptors (Lipinski definition) is 2. The molecule has 2 nitrogen and oxygen atoms in total. The SMILES string of the molecule is C=CCC1=C(N)c2c(N)ccc3cccc(c23)C1CCCCC. The van der Waals surface area contributed by atoms with Gasteiger partial charge in [0.1, 0.15) is 0 Å². The first-order valence-corrected chi connectivity index (χ1v) is 8.59. The van der Waals surface area contributed by atoms with Crippen LogP contribution in [0.4, 0.5) is 5.69 Å². The molecule has 2 aromatic carbocycles. The largest absolute Gasteiger partial charge is 0.398 e. The monoisotopic (exact) mass is 306 g/mol. The normalized spacial score (nSPS) is 16.8. The van der Waals surface area contributed by atoms with E-state index in [1.165, 1.54) is 41.2 Å². The van der Waals surface area contributed by atoms with Crippen molar-refractivity contribution >= 4 is 22.2 Å². The number of allylic oxidation sites excluding steroid dienone is 2. The fourth-order valence-electron chi connectivity index (χ4n) is 3.88. The van der Waals surface area contributed by atoms with Gasteiger partial charge in [0.25, 0.3) is 0 Å². The van der Waals surface area contributed by atoms with Crippen LogP contribution in [-0.2, 0) is 0 Å². The molecule has 0 saturated carbocycles. The van der Waals surface area contributed by atoms with E-state index < -0.39 is 0 Å². The van der Waals surface area contributed by atoms with Crippen LogP contribution in [0.2, 0.25) is 0 Å². The number of nitrogens with two attached hydrogens (primary N) is 2. The van der Waals surface area contributed by atoms with Crippen molar-refractivity contribution in [3.05, 3.63) is 59.7 Å². The van der Waals surface area contributed by atoms with Crippen molar-refractivity contribution in [1.82, 2.24) is 0 Å². The summed E-state index contributed by atoms with van der Waals surface area (Å²) in [6, 6.07) is 10.6. The highest BCUT2D eigenvalue weighted by Gasteiger charge is 2.28. The predicted octanol–water partition coefficient (Wildman–Crippen LogP) is 5.35. The molecule has 1 aliphatic carbocycles. The van der Waals surface area contributed by atoms with Crippen molar-refractivity contribution in [2.45, 2.75) is 44.9 Å². The predicted molar refractivity (Wildman–Crippen MR) is 101 cm³/mol. The third-order valence-electron chi connectivity index (χ3n) is 4.98. The van der Waals surface area contributed by atoms with Crippen molar-refractivity contribution in [3.8, 4) is 0 Å². The lowest BCUT2D eigenvalue weighted by Gasteiger charge is -2.30. The summed E-state index contributed by atoms with van der Waals surface area (Å²) in [5.74, 6) is 0.387. The maximum atomic E-state index is 6.58. The number of hydrogen-bond donors (Lipinski definition) is 2. The molecule has 0 aliphatic heterocycles. The van der Waals surface area contributed by atoms with Crippen LogP contribution in [0.25, 0.3) is 16.5 Å². The molecule has 23 heavy (non-hydrogen) atoms. The fourth-order valence-corrected chi connectivity index (χ4v) is 3.88. The Bertz CT molecular complexity index is 771. The Labute approximate surface area is 138 Å². The third-order valence-corrected chi connectivity index (χ3v) is 4.98. The topological polar surface area (TPSA) is 52.0 Å². The van der Waals surface area contributed by atoms with Gasteiger partial charge in [0.15, 0.2) is 0 Å².